The molecule has 36 heavy (non-hydrogen) atoms. The Bertz CT molecular complexity index is 1450. The number of aromatic carboxylic acids is 1. The predicted octanol–water partition coefficient (Wildman–Crippen LogP) is 6.93. The molecule has 3 atom stereocenters. The minimum Gasteiger partial charge on any atom is -0.489 e. The molecule has 0 saturated heterocycles. The molecule has 0 aromatic heterocycles. The van der Waals surface area contributed by atoms with Crippen LogP contribution in [0, 0.1) is 19.7 Å². The van der Waals surface area contributed by atoms with Crippen LogP contribution in [0.5, 0.6) is 5.75 Å². The van der Waals surface area contributed by atoms with E-state index in [-0.39, 0.29) is 23.9 Å². The highest BCUT2D eigenvalue weighted by molar-refractivity contribution is 5.90. The van der Waals surface area contributed by atoms with Gasteiger partial charge in [0.25, 0.3) is 0 Å². The maximum Gasteiger partial charge on any atom is 0.335 e. The SMILES string of the molecule is Cc1cc([C@@H]2C[C@H](CN[C@H](C)c3ccc(F)c4ccccc34)Oc3ccccc32)cc(C(=O)O)c1C. The highest BCUT2D eigenvalue weighted by Crippen LogP contribution is 2.41. The number of aryl methyl sites for hydroxylation is 1. The topological polar surface area (TPSA) is 58.6 Å². The Morgan fingerprint density at radius 3 is 2.56 bits per heavy atom. The lowest BCUT2D eigenvalue weighted by Gasteiger charge is -2.34. The van der Waals surface area contributed by atoms with Crippen molar-refractivity contribution in [2.75, 3.05) is 6.54 Å². The highest BCUT2D eigenvalue weighted by Gasteiger charge is 2.30. The number of hydrogen-bond donors (Lipinski definition) is 2. The third-order valence-electron chi connectivity index (χ3n) is 7.43. The van der Waals surface area contributed by atoms with Crippen molar-refractivity contribution in [3.8, 4) is 5.75 Å². The van der Waals surface area contributed by atoms with Gasteiger partial charge < -0.3 is 15.2 Å². The summed E-state index contributed by atoms with van der Waals surface area (Å²) >= 11 is 0. The standard InChI is InChI=1S/C31H30FNO3/c1-18-14-21(15-27(19(18)2)31(34)35)28-16-22(36-30-11-7-6-10-26(28)30)17-33-20(3)23-12-13-29(32)25-9-5-4-8-24(23)25/h4-15,20,22,28,33H,16-17H2,1-3H3,(H,34,35)/t20-,22-,28+/m1/s1. The predicted molar refractivity (Wildman–Crippen MR) is 141 cm³/mol. The number of para-hydroxylation sites is 1. The van der Waals surface area contributed by atoms with Crippen LogP contribution >= 0.6 is 0 Å². The first-order valence-corrected chi connectivity index (χ1v) is 12.3. The van der Waals surface area contributed by atoms with E-state index in [4.69, 9.17) is 4.74 Å². The van der Waals surface area contributed by atoms with Crippen molar-refractivity contribution in [1.29, 1.82) is 0 Å². The molecule has 5 rings (SSSR count). The van der Waals surface area contributed by atoms with E-state index in [1.165, 1.54) is 6.07 Å². The molecule has 1 aliphatic rings. The van der Waals surface area contributed by atoms with E-state index < -0.39 is 5.97 Å². The average molecular weight is 484 g/mol. The van der Waals surface area contributed by atoms with Crippen LogP contribution < -0.4 is 10.1 Å². The maximum absolute atomic E-state index is 14.3. The van der Waals surface area contributed by atoms with E-state index in [1.807, 2.05) is 68.4 Å². The molecule has 0 spiro atoms. The zero-order valence-electron chi connectivity index (χ0n) is 20.7. The van der Waals surface area contributed by atoms with Gasteiger partial charge in [-0.15, -0.1) is 0 Å². The quantitative estimate of drug-likeness (QED) is 0.312. The minimum absolute atomic E-state index is 0.00467. The van der Waals surface area contributed by atoms with Crippen molar-refractivity contribution in [2.45, 2.75) is 45.3 Å². The van der Waals surface area contributed by atoms with Crippen LogP contribution in [-0.2, 0) is 0 Å². The molecule has 0 aliphatic carbocycles. The Balaban J connectivity index is 1.41. The molecule has 184 valence electrons. The summed E-state index contributed by atoms with van der Waals surface area (Å²) in [6.07, 6.45) is 0.622. The molecular formula is C31H30FNO3. The van der Waals surface area contributed by atoms with Crippen LogP contribution in [0.2, 0.25) is 0 Å². The first-order chi connectivity index (χ1) is 17.3. The van der Waals surface area contributed by atoms with E-state index in [2.05, 4.69) is 24.4 Å². The van der Waals surface area contributed by atoms with Crippen LogP contribution in [0.3, 0.4) is 0 Å². The average Bonchev–Trinajstić information content (AvgIpc) is 2.88. The Morgan fingerprint density at radius 2 is 1.78 bits per heavy atom. The number of halogens is 1. The lowest BCUT2D eigenvalue weighted by Crippen LogP contribution is -2.37. The normalized spacial score (nSPS) is 17.9. The first-order valence-electron chi connectivity index (χ1n) is 12.3. The molecule has 0 unspecified atom stereocenters. The number of hydrogen-bond acceptors (Lipinski definition) is 3. The lowest BCUT2D eigenvalue weighted by atomic mass is 9.82. The molecule has 4 nitrogen and oxygen atoms in total. The second-order valence-corrected chi connectivity index (χ2v) is 9.69. The monoisotopic (exact) mass is 483 g/mol. The molecule has 5 heteroatoms. The molecule has 0 bridgehead atoms. The van der Waals surface area contributed by atoms with Gasteiger partial charge in [0.1, 0.15) is 17.7 Å². The largest absolute Gasteiger partial charge is 0.489 e. The number of rotatable bonds is 6. The summed E-state index contributed by atoms with van der Waals surface area (Å²) in [5.41, 5.74) is 5.23. The zero-order chi connectivity index (χ0) is 25.4. The number of benzene rings is 4. The molecule has 4 aromatic rings. The van der Waals surface area contributed by atoms with E-state index in [9.17, 15) is 14.3 Å². The molecule has 1 aliphatic heterocycles. The Labute approximate surface area is 210 Å². The number of fused-ring (bicyclic) bond motifs is 2. The summed E-state index contributed by atoms with van der Waals surface area (Å²) in [6.45, 7) is 6.50. The summed E-state index contributed by atoms with van der Waals surface area (Å²) in [5.74, 6) is -0.265. The maximum atomic E-state index is 14.3. The summed E-state index contributed by atoms with van der Waals surface area (Å²) in [7, 11) is 0. The molecule has 0 radical (unpaired) electrons. The van der Waals surface area contributed by atoms with Gasteiger partial charge in [0.15, 0.2) is 0 Å². The number of carboxylic acids is 1. The van der Waals surface area contributed by atoms with E-state index >= 15 is 0 Å². The molecule has 0 fully saturated rings. The summed E-state index contributed by atoms with van der Waals surface area (Å²) in [5, 5.41) is 14.9. The van der Waals surface area contributed by atoms with E-state index in [0.717, 1.165) is 45.4 Å². The smallest absolute Gasteiger partial charge is 0.335 e. The second kappa shape index (κ2) is 9.75. The summed E-state index contributed by atoms with van der Waals surface area (Å²) in [6, 6.07) is 22.8. The van der Waals surface area contributed by atoms with Gasteiger partial charge in [-0.05, 0) is 73.0 Å². The van der Waals surface area contributed by atoms with E-state index in [0.29, 0.717) is 17.5 Å². The minimum atomic E-state index is -0.906. The molecule has 1 heterocycles. The molecular weight excluding hydrogens is 453 g/mol. The number of carboxylic acid groups (broad SMARTS) is 1. The van der Waals surface area contributed by atoms with Crippen molar-refractivity contribution >= 4 is 16.7 Å². The summed E-state index contributed by atoms with van der Waals surface area (Å²) in [4.78, 5) is 11.9. The van der Waals surface area contributed by atoms with Crippen LogP contribution in [0.1, 0.15) is 63.5 Å². The van der Waals surface area contributed by atoms with Gasteiger partial charge >= 0.3 is 5.97 Å². The van der Waals surface area contributed by atoms with Crippen molar-refractivity contribution < 1.29 is 19.0 Å². The third kappa shape index (κ3) is 4.47. The number of carbonyl (C=O) groups is 1. The van der Waals surface area contributed by atoms with Crippen molar-refractivity contribution in [2.24, 2.45) is 0 Å². The van der Waals surface area contributed by atoms with E-state index in [1.54, 1.807) is 0 Å². The van der Waals surface area contributed by atoms with Crippen LogP contribution in [0.4, 0.5) is 4.39 Å². The lowest BCUT2D eigenvalue weighted by molar-refractivity contribution is 0.0696. The fraction of sp³-hybridized carbons (Fsp3) is 0.258. The van der Waals surface area contributed by atoms with Gasteiger partial charge in [0, 0.05) is 29.5 Å². The van der Waals surface area contributed by atoms with Gasteiger partial charge in [0.2, 0.25) is 0 Å². The van der Waals surface area contributed by atoms with Crippen LogP contribution in [0.25, 0.3) is 10.8 Å². The van der Waals surface area contributed by atoms with Gasteiger partial charge in [-0.3, -0.25) is 0 Å². The fourth-order valence-electron chi connectivity index (χ4n) is 5.33. The molecule has 4 aromatic carbocycles. The van der Waals surface area contributed by atoms with Gasteiger partial charge in [0.05, 0.1) is 5.56 Å². The summed E-state index contributed by atoms with van der Waals surface area (Å²) < 4.78 is 20.7. The third-order valence-corrected chi connectivity index (χ3v) is 7.43. The van der Waals surface area contributed by atoms with Crippen molar-refractivity contribution in [3.05, 3.63) is 112 Å². The zero-order valence-corrected chi connectivity index (χ0v) is 20.7. The Kier molecular flexibility index (Phi) is 6.50. The fourth-order valence-corrected chi connectivity index (χ4v) is 5.33. The molecule has 0 saturated carbocycles. The van der Waals surface area contributed by atoms with Gasteiger partial charge in [-0.2, -0.15) is 0 Å². The van der Waals surface area contributed by atoms with Gasteiger partial charge in [-0.25, -0.2) is 9.18 Å². The number of ether oxygens (including phenoxy) is 1. The van der Waals surface area contributed by atoms with Crippen LogP contribution in [-0.4, -0.2) is 23.7 Å². The highest BCUT2D eigenvalue weighted by atomic mass is 19.1. The molecule has 0 amide bonds. The van der Waals surface area contributed by atoms with Crippen molar-refractivity contribution in [1.82, 2.24) is 5.32 Å². The van der Waals surface area contributed by atoms with Crippen molar-refractivity contribution in [3.63, 3.8) is 0 Å². The van der Waals surface area contributed by atoms with Crippen LogP contribution in [0.15, 0.2) is 72.8 Å². The second-order valence-electron chi connectivity index (χ2n) is 9.69. The Hall–Kier alpha value is -3.70. The number of nitrogens with one attached hydrogen (secondary N) is 1. The Morgan fingerprint density at radius 1 is 1.06 bits per heavy atom. The van der Waals surface area contributed by atoms with Gasteiger partial charge in [-0.1, -0.05) is 54.6 Å². The molecule has 2 N–H and O–H groups in total. The first kappa shape index (κ1) is 24.0.